The summed E-state index contributed by atoms with van der Waals surface area (Å²) in [5.41, 5.74) is 2.09. The van der Waals surface area contributed by atoms with E-state index in [2.05, 4.69) is 0 Å². The summed E-state index contributed by atoms with van der Waals surface area (Å²) in [6.45, 7) is 2.03. The summed E-state index contributed by atoms with van der Waals surface area (Å²) in [5.74, 6) is 0.744. The van der Waals surface area contributed by atoms with E-state index in [-0.39, 0.29) is 0 Å². The van der Waals surface area contributed by atoms with Gasteiger partial charge >= 0.3 is 0 Å². The zero-order valence-corrected chi connectivity index (χ0v) is 11.2. The van der Waals surface area contributed by atoms with Crippen molar-refractivity contribution in [3.63, 3.8) is 0 Å². The first-order valence-electron chi connectivity index (χ1n) is 6.22. The number of hydrogen-bond donors (Lipinski definition) is 0. The molecule has 1 aliphatic heterocycles. The van der Waals surface area contributed by atoms with Gasteiger partial charge in [0.25, 0.3) is 7.37 Å². The Labute approximate surface area is 107 Å². The van der Waals surface area contributed by atoms with Crippen LogP contribution in [-0.4, -0.2) is 6.16 Å². The first kappa shape index (κ1) is 11.6. The van der Waals surface area contributed by atoms with E-state index in [0.717, 1.165) is 28.6 Å². The largest absolute Gasteiger partial charge is 0.439 e. The van der Waals surface area contributed by atoms with Crippen LogP contribution in [0.2, 0.25) is 0 Å². The van der Waals surface area contributed by atoms with Crippen LogP contribution in [-0.2, 0) is 4.57 Å². The summed E-state index contributed by atoms with van der Waals surface area (Å²) in [4.78, 5) is 0. The van der Waals surface area contributed by atoms with E-state index in [1.54, 1.807) is 0 Å². The average molecular weight is 258 g/mol. The Bertz CT molecular complexity index is 634. The molecule has 18 heavy (non-hydrogen) atoms. The third-order valence-electron chi connectivity index (χ3n) is 3.21. The molecule has 1 atom stereocenters. The van der Waals surface area contributed by atoms with E-state index >= 15 is 0 Å². The molecular weight excluding hydrogens is 243 g/mol. The number of benzene rings is 2. The molecule has 1 aliphatic rings. The minimum Gasteiger partial charge on any atom is -0.439 e. The molecule has 0 aromatic heterocycles. The lowest BCUT2D eigenvalue weighted by Crippen LogP contribution is -2.19. The molecule has 3 rings (SSSR count). The molecule has 0 spiro atoms. The van der Waals surface area contributed by atoms with Gasteiger partial charge in [-0.3, -0.25) is 4.57 Å². The highest BCUT2D eigenvalue weighted by molar-refractivity contribution is 7.67. The summed E-state index contributed by atoms with van der Waals surface area (Å²) in [5, 5.41) is 0.866. The zero-order valence-electron chi connectivity index (χ0n) is 10.3. The third-order valence-corrected chi connectivity index (χ3v) is 5.86. The van der Waals surface area contributed by atoms with Crippen molar-refractivity contribution in [1.82, 2.24) is 0 Å². The first-order chi connectivity index (χ1) is 8.74. The van der Waals surface area contributed by atoms with Crippen molar-refractivity contribution in [2.75, 3.05) is 6.16 Å². The Morgan fingerprint density at radius 2 is 1.67 bits per heavy atom. The predicted molar refractivity (Wildman–Crippen MR) is 74.9 cm³/mol. The van der Waals surface area contributed by atoms with Gasteiger partial charge < -0.3 is 4.52 Å². The number of rotatable bonds is 2. The Kier molecular flexibility index (Phi) is 2.76. The minimum atomic E-state index is -2.74. The van der Waals surface area contributed by atoms with Crippen LogP contribution in [0.4, 0.5) is 0 Å². The van der Waals surface area contributed by atoms with Gasteiger partial charge in [0.05, 0.1) is 5.30 Å². The van der Waals surface area contributed by atoms with Gasteiger partial charge in [-0.2, -0.15) is 0 Å². The van der Waals surface area contributed by atoms with E-state index in [9.17, 15) is 4.57 Å². The van der Waals surface area contributed by atoms with Crippen LogP contribution in [0.5, 0.6) is 5.75 Å². The summed E-state index contributed by atoms with van der Waals surface area (Å²) in [6.07, 6.45) is 1.45. The zero-order chi connectivity index (χ0) is 12.6. The Hall–Kier alpha value is -1.53. The van der Waals surface area contributed by atoms with Crippen LogP contribution >= 0.6 is 7.37 Å². The lowest BCUT2D eigenvalue weighted by Gasteiger charge is -2.28. The highest BCUT2D eigenvalue weighted by Crippen LogP contribution is 2.54. The Morgan fingerprint density at radius 1 is 1.00 bits per heavy atom. The molecule has 1 heterocycles. The highest BCUT2D eigenvalue weighted by Gasteiger charge is 2.34. The highest BCUT2D eigenvalue weighted by atomic mass is 31.2. The van der Waals surface area contributed by atoms with Crippen LogP contribution in [0.25, 0.3) is 11.1 Å². The van der Waals surface area contributed by atoms with E-state index in [0.29, 0.717) is 6.16 Å². The molecule has 0 saturated heterocycles. The Morgan fingerprint density at radius 3 is 2.44 bits per heavy atom. The van der Waals surface area contributed by atoms with E-state index in [4.69, 9.17) is 4.52 Å². The van der Waals surface area contributed by atoms with Crippen LogP contribution in [0.3, 0.4) is 0 Å². The number of hydrogen-bond acceptors (Lipinski definition) is 2. The lowest BCUT2D eigenvalue weighted by atomic mass is 10.0. The SMILES string of the molecule is CCCP1(=O)Oc2ccccc2-c2ccccc21. The van der Waals surface area contributed by atoms with Gasteiger partial charge in [0.15, 0.2) is 0 Å². The van der Waals surface area contributed by atoms with Crippen LogP contribution in [0, 0.1) is 0 Å². The van der Waals surface area contributed by atoms with Gasteiger partial charge in [-0.05, 0) is 24.1 Å². The molecular formula is C15H15O2P. The van der Waals surface area contributed by atoms with Crippen molar-refractivity contribution in [3.8, 4) is 16.9 Å². The molecule has 92 valence electrons. The molecule has 3 heteroatoms. The van der Waals surface area contributed by atoms with E-state index in [1.165, 1.54) is 0 Å². The van der Waals surface area contributed by atoms with Gasteiger partial charge in [0.2, 0.25) is 0 Å². The molecule has 2 nitrogen and oxygen atoms in total. The molecule has 0 saturated carbocycles. The third kappa shape index (κ3) is 1.69. The molecule has 0 bridgehead atoms. The summed E-state index contributed by atoms with van der Waals surface area (Å²) < 4.78 is 18.8. The van der Waals surface area contributed by atoms with Gasteiger partial charge in [-0.1, -0.05) is 43.3 Å². The van der Waals surface area contributed by atoms with Crippen molar-refractivity contribution in [3.05, 3.63) is 48.5 Å². The second kappa shape index (κ2) is 4.29. The molecule has 0 fully saturated rings. The fraction of sp³-hybridized carbons (Fsp3) is 0.200. The van der Waals surface area contributed by atoms with Crippen molar-refractivity contribution in [1.29, 1.82) is 0 Å². The first-order valence-corrected chi connectivity index (χ1v) is 8.03. The van der Waals surface area contributed by atoms with Crippen molar-refractivity contribution in [2.24, 2.45) is 0 Å². The van der Waals surface area contributed by atoms with Gasteiger partial charge in [0.1, 0.15) is 5.75 Å². The fourth-order valence-electron chi connectivity index (χ4n) is 2.44. The predicted octanol–water partition coefficient (Wildman–Crippen LogP) is 4.06. The van der Waals surface area contributed by atoms with Crippen molar-refractivity contribution >= 4 is 12.7 Å². The quantitative estimate of drug-likeness (QED) is 0.759. The van der Waals surface area contributed by atoms with Crippen LogP contribution < -0.4 is 9.83 Å². The van der Waals surface area contributed by atoms with Gasteiger partial charge in [-0.15, -0.1) is 0 Å². The second-order valence-electron chi connectivity index (χ2n) is 4.50. The topological polar surface area (TPSA) is 26.3 Å². The molecule has 0 aliphatic carbocycles. The number of para-hydroxylation sites is 1. The minimum absolute atomic E-state index is 0.596. The Balaban J connectivity index is 2.26. The summed E-state index contributed by atoms with van der Waals surface area (Å²) in [6, 6.07) is 15.7. The maximum atomic E-state index is 13.0. The smallest absolute Gasteiger partial charge is 0.277 e. The average Bonchev–Trinajstić information content (AvgIpc) is 2.39. The molecule has 0 radical (unpaired) electrons. The maximum Gasteiger partial charge on any atom is 0.277 e. The standard InChI is InChI=1S/C15H15O2P/c1-2-11-18(16)15-10-6-4-8-13(15)12-7-3-5-9-14(12)17-18/h3-10H,2,11H2,1H3. The maximum absolute atomic E-state index is 13.0. The normalized spacial score (nSPS) is 20.7. The van der Waals surface area contributed by atoms with Crippen molar-refractivity contribution < 1.29 is 9.09 Å². The molecule has 0 amide bonds. The van der Waals surface area contributed by atoms with E-state index < -0.39 is 7.37 Å². The van der Waals surface area contributed by atoms with Crippen molar-refractivity contribution in [2.45, 2.75) is 13.3 Å². The fourth-order valence-corrected chi connectivity index (χ4v) is 4.81. The van der Waals surface area contributed by atoms with E-state index in [1.807, 2.05) is 55.5 Å². The van der Waals surface area contributed by atoms with Gasteiger partial charge in [-0.25, -0.2) is 0 Å². The molecule has 0 N–H and O–H groups in total. The summed E-state index contributed by atoms with van der Waals surface area (Å²) in [7, 11) is -2.74. The lowest BCUT2D eigenvalue weighted by molar-refractivity contribution is 0.490. The monoisotopic (exact) mass is 258 g/mol. The molecule has 2 aromatic carbocycles. The molecule has 1 unspecified atom stereocenters. The van der Waals surface area contributed by atoms with Gasteiger partial charge in [0, 0.05) is 11.7 Å². The van der Waals surface area contributed by atoms with Crippen LogP contribution in [0.1, 0.15) is 13.3 Å². The summed E-state index contributed by atoms with van der Waals surface area (Å²) >= 11 is 0. The number of fused-ring (bicyclic) bond motifs is 3. The second-order valence-corrected chi connectivity index (χ2v) is 6.96. The van der Waals surface area contributed by atoms with Crippen LogP contribution in [0.15, 0.2) is 48.5 Å². The molecule has 2 aromatic rings.